The second-order valence-electron chi connectivity index (χ2n) is 9.79. The molecule has 1 amide bonds. The number of carbonyl (C=O) groups is 2. The highest BCUT2D eigenvalue weighted by molar-refractivity contribution is 6.30. The van der Waals surface area contributed by atoms with Crippen molar-refractivity contribution in [3.8, 4) is 0 Å². The van der Waals surface area contributed by atoms with Crippen molar-refractivity contribution in [2.45, 2.75) is 45.9 Å². The minimum Gasteiger partial charge on any atom is -0.394 e. The number of hydrogen-bond acceptors (Lipinski definition) is 7. The second-order valence-corrected chi connectivity index (χ2v) is 10.2. The van der Waals surface area contributed by atoms with E-state index in [9.17, 15) is 19.1 Å². The van der Waals surface area contributed by atoms with Crippen molar-refractivity contribution in [1.82, 2.24) is 24.8 Å². The number of aromatic nitrogens is 3. The molecule has 40 heavy (non-hydrogen) atoms. The van der Waals surface area contributed by atoms with Crippen LogP contribution in [0.4, 0.5) is 15.8 Å². The molecule has 0 radical (unpaired) electrons. The van der Waals surface area contributed by atoms with Crippen molar-refractivity contribution in [3.63, 3.8) is 0 Å². The number of fused-ring (bicyclic) bond motifs is 1. The fraction of sp³-hybridized carbons (Fsp3) is 0.310. The number of nitrogens with zero attached hydrogens (tertiary/aromatic N) is 4. The van der Waals surface area contributed by atoms with Crippen LogP contribution in [0.5, 0.6) is 0 Å². The van der Waals surface area contributed by atoms with Crippen LogP contribution in [0.25, 0.3) is 10.9 Å². The van der Waals surface area contributed by atoms with Gasteiger partial charge in [-0.3, -0.25) is 9.59 Å². The summed E-state index contributed by atoms with van der Waals surface area (Å²) >= 11 is 5.87. The fourth-order valence-electron chi connectivity index (χ4n) is 4.77. The zero-order chi connectivity index (χ0) is 28.8. The summed E-state index contributed by atoms with van der Waals surface area (Å²) in [6, 6.07) is 9.58. The number of amides is 1. The minimum atomic E-state index is -0.548. The predicted octanol–water partition coefficient (Wildman–Crippen LogP) is 4.56. The maximum atomic E-state index is 14.3. The first-order valence-electron chi connectivity index (χ1n) is 12.9. The maximum Gasteiger partial charge on any atom is 0.243 e. The summed E-state index contributed by atoms with van der Waals surface area (Å²) in [6.45, 7) is 5.37. The van der Waals surface area contributed by atoms with E-state index >= 15 is 0 Å². The quantitative estimate of drug-likeness (QED) is 0.216. The Hall–Kier alpha value is -3.86. The number of halogens is 2. The van der Waals surface area contributed by atoms with Gasteiger partial charge in [-0.25, -0.2) is 14.4 Å². The van der Waals surface area contributed by atoms with E-state index < -0.39 is 11.9 Å². The van der Waals surface area contributed by atoms with Gasteiger partial charge in [-0.05, 0) is 45.0 Å². The molecule has 3 N–H and O–H groups in total. The highest BCUT2D eigenvalue weighted by atomic mass is 35.5. The van der Waals surface area contributed by atoms with E-state index in [-0.39, 0.29) is 49.0 Å². The lowest BCUT2D eigenvalue weighted by molar-refractivity contribution is -0.137. The fourth-order valence-corrected chi connectivity index (χ4v) is 4.96. The molecule has 0 saturated carbocycles. The summed E-state index contributed by atoms with van der Waals surface area (Å²) in [5, 5.41) is 17.3. The van der Waals surface area contributed by atoms with Crippen molar-refractivity contribution in [2.75, 3.05) is 18.5 Å². The van der Waals surface area contributed by atoms with Gasteiger partial charge in [0.2, 0.25) is 5.91 Å². The van der Waals surface area contributed by atoms with Gasteiger partial charge in [0.15, 0.2) is 5.78 Å². The number of carbonyl (C=O) groups excluding carboxylic acids is 2. The maximum absolute atomic E-state index is 14.3. The molecule has 0 aliphatic carbocycles. The summed E-state index contributed by atoms with van der Waals surface area (Å²) in [6.07, 6.45) is 6.42. The van der Waals surface area contributed by atoms with Crippen LogP contribution < -0.4 is 10.6 Å². The molecule has 9 nitrogen and oxygen atoms in total. The number of anilines is 2. The monoisotopic (exact) mass is 566 g/mol. The molecule has 210 valence electrons. The van der Waals surface area contributed by atoms with Gasteiger partial charge in [0.1, 0.15) is 18.7 Å². The van der Waals surface area contributed by atoms with Gasteiger partial charge in [-0.1, -0.05) is 23.7 Å². The lowest BCUT2D eigenvalue weighted by Crippen LogP contribution is -2.52. The third kappa shape index (κ3) is 6.64. The number of benzene rings is 2. The van der Waals surface area contributed by atoms with E-state index in [2.05, 4.69) is 20.6 Å². The van der Waals surface area contributed by atoms with Crippen LogP contribution in [0.1, 0.15) is 36.7 Å². The number of rotatable bonds is 12. The number of nitrogens with one attached hydrogen (secondary N) is 2. The van der Waals surface area contributed by atoms with E-state index in [0.29, 0.717) is 22.2 Å². The largest absolute Gasteiger partial charge is 0.394 e. The van der Waals surface area contributed by atoms with Gasteiger partial charge in [-0.2, -0.15) is 0 Å². The summed E-state index contributed by atoms with van der Waals surface area (Å²) in [5.74, 6) is -0.839. The molecule has 11 heteroatoms. The number of aliphatic hydroxyl groups excluding tert-OH is 1. The molecule has 4 aromatic rings. The normalized spacial score (nSPS) is 12.1. The highest BCUT2D eigenvalue weighted by Gasteiger charge is 2.27. The molecular weight excluding hydrogens is 535 g/mol. The number of aliphatic hydroxyl groups is 1. The second kappa shape index (κ2) is 13.0. The van der Waals surface area contributed by atoms with Gasteiger partial charge in [0, 0.05) is 53.0 Å². The molecule has 4 rings (SSSR count). The molecule has 0 spiro atoms. The van der Waals surface area contributed by atoms with Crippen LogP contribution in [0.2, 0.25) is 5.02 Å². The first kappa shape index (κ1) is 29.1. The van der Waals surface area contributed by atoms with Crippen LogP contribution in [0.3, 0.4) is 0 Å². The molecule has 0 fully saturated rings. The van der Waals surface area contributed by atoms with Crippen molar-refractivity contribution in [1.29, 1.82) is 0 Å². The SMILES string of the molecule is CC(=O)c1cn(CC(=O)N(C(C)C)C(CO)CNCc2cccc(Cl)c2F)c2ccc(Nc3cncnc3)cc12. The van der Waals surface area contributed by atoms with Gasteiger partial charge in [0.05, 0.1) is 35.8 Å². The molecule has 0 aliphatic heterocycles. The molecule has 1 unspecified atom stereocenters. The molecule has 0 saturated heterocycles. The topological polar surface area (TPSA) is 112 Å². The van der Waals surface area contributed by atoms with Gasteiger partial charge in [0.25, 0.3) is 0 Å². The summed E-state index contributed by atoms with van der Waals surface area (Å²) < 4.78 is 16.0. The average molecular weight is 567 g/mol. The Morgan fingerprint density at radius 3 is 2.58 bits per heavy atom. The minimum absolute atomic E-state index is 0.0271. The van der Waals surface area contributed by atoms with E-state index in [0.717, 1.165) is 11.2 Å². The van der Waals surface area contributed by atoms with E-state index in [4.69, 9.17) is 11.6 Å². The first-order chi connectivity index (χ1) is 19.2. The Bertz CT molecular complexity index is 1490. The van der Waals surface area contributed by atoms with Crippen LogP contribution in [0, 0.1) is 5.82 Å². The van der Waals surface area contributed by atoms with Crippen LogP contribution >= 0.6 is 11.6 Å². The standard InChI is InChI=1S/C29H32ClFN6O3/c1-18(2)37(23(16-38)13-32-10-20-5-4-6-26(30)29(20)31)28(40)15-36-14-25(19(3)39)24-9-21(7-8-27(24)36)35-22-11-33-17-34-12-22/h4-9,11-12,14,17-18,23,32,35,38H,10,13,15-16H2,1-3H3. The van der Waals surface area contributed by atoms with Crippen molar-refractivity contribution in [3.05, 3.63) is 83.3 Å². The molecule has 2 aromatic carbocycles. The zero-order valence-electron chi connectivity index (χ0n) is 22.6. The lowest BCUT2D eigenvalue weighted by atomic mass is 10.1. The van der Waals surface area contributed by atoms with Crippen LogP contribution in [0.15, 0.2) is 61.3 Å². The van der Waals surface area contributed by atoms with Gasteiger partial charge < -0.3 is 25.2 Å². The third-order valence-corrected chi connectivity index (χ3v) is 6.88. The Morgan fingerprint density at radius 2 is 1.90 bits per heavy atom. The lowest BCUT2D eigenvalue weighted by Gasteiger charge is -2.34. The zero-order valence-corrected chi connectivity index (χ0v) is 23.3. The molecule has 1 atom stereocenters. The molecular formula is C29H32ClFN6O3. The summed E-state index contributed by atoms with van der Waals surface area (Å²) in [7, 11) is 0. The average Bonchev–Trinajstić information content (AvgIpc) is 3.28. The van der Waals surface area contributed by atoms with Crippen molar-refractivity contribution >= 4 is 45.6 Å². The van der Waals surface area contributed by atoms with Gasteiger partial charge >= 0.3 is 0 Å². The van der Waals surface area contributed by atoms with Crippen molar-refractivity contribution < 1.29 is 19.1 Å². The van der Waals surface area contributed by atoms with Gasteiger partial charge in [-0.15, -0.1) is 0 Å². The molecule has 0 aliphatic rings. The molecule has 2 heterocycles. The Balaban J connectivity index is 1.53. The highest BCUT2D eigenvalue weighted by Crippen LogP contribution is 2.27. The number of hydrogen-bond donors (Lipinski definition) is 3. The summed E-state index contributed by atoms with van der Waals surface area (Å²) in [5.41, 5.74) is 3.08. The van der Waals surface area contributed by atoms with E-state index in [1.807, 2.05) is 32.0 Å². The molecule has 2 aromatic heterocycles. The van der Waals surface area contributed by atoms with Crippen molar-refractivity contribution in [2.24, 2.45) is 0 Å². The summed E-state index contributed by atoms with van der Waals surface area (Å²) in [4.78, 5) is 35.7. The molecule has 0 bridgehead atoms. The first-order valence-corrected chi connectivity index (χ1v) is 13.3. The van der Waals surface area contributed by atoms with Crippen LogP contribution in [-0.4, -0.2) is 61.5 Å². The Kier molecular flexibility index (Phi) is 9.46. The third-order valence-electron chi connectivity index (χ3n) is 6.59. The Morgan fingerprint density at radius 1 is 1.15 bits per heavy atom. The van der Waals surface area contributed by atoms with Crippen LogP contribution in [-0.2, 0) is 17.9 Å². The number of ketones is 1. The van der Waals surface area contributed by atoms with E-state index in [1.54, 1.807) is 40.2 Å². The Labute approximate surface area is 237 Å². The number of Topliss-reactive ketones (excluding diaryl/α,β-unsaturated/α-hetero) is 1. The predicted molar refractivity (Wildman–Crippen MR) is 153 cm³/mol. The van der Waals surface area contributed by atoms with E-state index in [1.165, 1.54) is 19.3 Å². The smallest absolute Gasteiger partial charge is 0.243 e.